The van der Waals surface area contributed by atoms with E-state index in [0.29, 0.717) is 49.1 Å². The number of nitrogens with zero attached hydrogens (tertiary/aromatic N) is 2. The van der Waals surface area contributed by atoms with Crippen molar-refractivity contribution in [3.8, 4) is 5.75 Å². The number of carbonyl (C=O) groups is 2. The minimum absolute atomic E-state index is 0.0286. The Kier molecular flexibility index (Phi) is 10.5. The highest BCUT2D eigenvalue weighted by atomic mass is 35.5. The fourth-order valence-corrected chi connectivity index (χ4v) is 8.04. The fourth-order valence-electron chi connectivity index (χ4n) is 6.17. The van der Waals surface area contributed by atoms with Gasteiger partial charge >= 0.3 is 0 Å². The standard InChI is InChI=1S/C33H42ClN3O5S/c1-3-32(38)35-43(40)18-8-4-5-10-30(41-2)28-15-12-26(28)22-37-21-25-11-14-27(34)19-23(25)9-6-7-17-42-31-16-13-24(20-29(31)37)33(39)36-43/h5,10-11,13-14,16,19-20,26,28,30H,3-4,6-9,12,15,17-18,21-22H2,1-2H3,(H,35,36,38,39,40)/b10-5+/t26-,28+,30-,43?/m0/s1. The van der Waals surface area contributed by atoms with Crippen LogP contribution in [0.25, 0.3) is 0 Å². The molecular formula is C33H42ClN3O5S. The van der Waals surface area contributed by atoms with Crippen LogP contribution < -0.4 is 14.4 Å². The summed E-state index contributed by atoms with van der Waals surface area (Å²) < 4.78 is 32.7. The molecule has 10 heteroatoms. The Bertz CT molecular complexity index is 1480. The zero-order valence-corrected chi connectivity index (χ0v) is 26.6. The normalized spacial score (nSPS) is 27.2. The third-order valence-electron chi connectivity index (χ3n) is 8.74. The van der Waals surface area contributed by atoms with Crippen LogP contribution in [0.15, 0.2) is 52.9 Å². The Balaban J connectivity index is 1.62. The number of aryl methyl sites for hydroxylation is 1. The number of carbonyl (C=O) groups excluding carboxylic acids is 2. The lowest BCUT2D eigenvalue weighted by atomic mass is 9.70. The van der Waals surface area contributed by atoms with E-state index in [4.69, 9.17) is 21.1 Å². The Morgan fingerprint density at radius 1 is 1.16 bits per heavy atom. The lowest BCUT2D eigenvalue weighted by Gasteiger charge is -2.43. The predicted molar refractivity (Wildman–Crippen MR) is 171 cm³/mol. The zero-order chi connectivity index (χ0) is 30.4. The molecule has 2 aliphatic heterocycles. The highest BCUT2D eigenvalue weighted by Crippen LogP contribution is 2.42. The maximum atomic E-state index is 13.8. The van der Waals surface area contributed by atoms with Crippen LogP contribution in [0, 0.1) is 11.8 Å². The Morgan fingerprint density at radius 2 is 2.02 bits per heavy atom. The van der Waals surface area contributed by atoms with E-state index < -0.39 is 21.7 Å². The molecule has 1 N–H and O–H groups in total. The zero-order valence-electron chi connectivity index (χ0n) is 25.1. The summed E-state index contributed by atoms with van der Waals surface area (Å²) in [5.74, 6) is 0.515. The van der Waals surface area contributed by atoms with E-state index in [2.05, 4.69) is 38.3 Å². The Labute approximate surface area is 260 Å². The molecule has 0 aromatic heterocycles. The van der Waals surface area contributed by atoms with Crippen molar-refractivity contribution >= 4 is 39.0 Å². The molecule has 2 bridgehead atoms. The molecule has 43 heavy (non-hydrogen) atoms. The topological polar surface area (TPSA) is 97.3 Å². The van der Waals surface area contributed by atoms with Gasteiger partial charge in [-0.15, -0.1) is 4.36 Å². The van der Waals surface area contributed by atoms with Gasteiger partial charge in [-0.05, 0) is 98.2 Å². The minimum Gasteiger partial charge on any atom is -0.491 e. The van der Waals surface area contributed by atoms with Crippen molar-refractivity contribution in [1.82, 2.24) is 4.72 Å². The number of anilines is 1. The molecule has 8 nitrogen and oxygen atoms in total. The summed E-state index contributed by atoms with van der Waals surface area (Å²) >= 11 is 6.42. The second-order valence-electron chi connectivity index (χ2n) is 11.7. The van der Waals surface area contributed by atoms with Crippen molar-refractivity contribution in [2.75, 3.05) is 30.9 Å². The van der Waals surface area contributed by atoms with E-state index in [1.807, 2.05) is 18.2 Å². The average Bonchev–Trinajstić information content (AvgIpc) is 3.00. The van der Waals surface area contributed by atoms with Crippen LogP contribution in [-0.2, 0) is 32.4 Å². The molecular weight excluding hydrogens is 586 g/mol. The third kappa shape index (κ3) is 7.80. The van der Waals surface area contributed by atoms with Crippen LogP contribution in [0.2, 0.25) is 5.02 Å². The van der Waals surface area contributed by atoms with Gasteiger partial charge < -0.3 is 14.4 Å². The van der Waals surface area contributed by atoms with Crippen molar-refractivity contribution in [2.45, 2.75) is 70.9 Å². The van der Waals surface area contributed by atoms with Gasteiger partial charge in [-0.2, -0.15) is 0 Å². The molecule has 0 saturated heterocycles. The van der Waals surface area contributed by atoms with Gasteiger partial charge in [0.1, 0.15) is 15.7 Å². The Hall–Kier alpha value is -2.88. The van der Waals surface area contributed by atoms with E-state index >= 15 is 0 Å². The number of allylic oxidation sites excluding steroid dienone is 1. The molecule has 1 unspecified atom stereocenters. The summed E-state index contributed by atoms with van der Waals surface area (Å²) in [5.41, 5.74) is 3.52. The van der Waals surface area contributed by atoms with Gasteiger partial charge in [0.2, 0.25) is 5.91 Å². The maximum Gasteiger partial charge on any atom is 0.286 e. The summed E-state index contributed by atoms with van der Waals surface area (Å²) in [6.07, 6.45) is 10.4. The van der Waals surface area contributed by atoms with E-state index in [9.17, 15) is 13.8 Å². The summed E-state index contributed by atoms with van der Waals surface area (Å²) in [7, 11) is -1.55. The molecule has 3 aliphatic rings. The van der Waals surface area contributed by atoms with E-state index in [1.165, 1.54) is 11.1 Å². The lowest BCUT2D eigenvalue weighted by Crippen LogP contribution is -2.43. The smallest absolute Gasteiger partial charge is 0.286 e. The fraction of sp³-hybridized carbons (Fsp3) is 0.515. The van der Waals surface area contributed by atoms with E-state index in [1.54, 1.807) is 20.1 Å². The van der Waals surface area contributed by atoms with Crippen molar-refractivity contribution < 1.29 is 23.3 Å². The summed E-state index contributed by atoms with van der Waals surface area (Å²) in [4.78, 5) is 28.1. The largest absolute Gasteiger partial charge is 0.491 e. The van der Waals surface area contributed by atoms with Gasteiger partial charge in [0, 0.05) is 37.2 Å². The number of hydrogen-bond acceptors (Lipinski definition) is 6. The van der Waals surface area contributed by atoms with Gasteiger partial charge in [0.15, 0.2) is 0 Å². The molecule has 2 aromatic carbocycles. The van der Waals surface area contributed by atoms with Crippen LogP contribution in [0.1, 0.15) is 73.4 Å². The van der Waals surface area contributed by atoms with Crippen LogP contribution in [-0.4, -0.2) is 48.1 Å². The van der Waals surface area contributed by atoms with Crippen molar-refractivity contribution in [1.29, 1.82) is 0 Å². The second kappa shape index (κ2) is 14.3. The molecule has 2 amide bonds. The van der Waals surface area contributed by atoms with Crippen molar-refractivity contribution in [2.24, 2.45) is 16.2 Å². The quantitative estimate of drug-likeness (QED) is 0.390. The van der Waals surface area contributed by atoms with Crippen LogP contribution in [0.5, 0.6) is 5.75 Å². The summed E-state index contributed by atoms with van der Waals surface area (Å²) in [6.45, 7) is 3.61. The van der Waals surface area contributed by atoms with Gasteiger partial charge in [-0.25, -0.2) is 4.21 Å². The van der Waals surface area contributed by atoms with Crippen molar-refractivity contribution in [3.05, 3.63) is 70.3 Å². The van der Waals surface area contributed by atoms with Gasteiger partial charge in [0.25, 0.3) is 5.91 Å². The van der Waals surface area contributed by atoms with Gasteiger partial charge in [-0.1, -0.05) is 36.7 Å². The first kappa shape index (κ1) is 31.5. The highest BCUT2D eigenvalue weighted by Gasteiger charge is 2.38. The van der Waals surface area contributed by atoms with Gasteiger partial charge in [0.05, 0.1) is 24.2 Å². The van der Waals surface area contributed by atoms with Crippen LogP contribution in [0.3, 0.4) is 0 Å². The average molecular weight is 628 g/mol. The SMILES string of the molecule is CCC(=O)NS1(=O)=NC(=O)c2ccc3c(c2)N(Cc2ccc(Cl)cc2CCCCO3)C[C@@H]2CC[C@H]2[C@@H](OC)/C=C/CCC1. The van der Waals surface area contributed by atoms with E-state index in [-0.39, 0.29) is 18.3 Å². The molecule has 0 radical (unpaired) electrons. The van der Waals surface area contributed by atoms with E-state index in [0.717, 1.165) is 49.4 Å². The van der Waals surface area contributed by atoms with Crippen LogP contribution >= 0.6 is 11.6 Å². The number of rotatable bonds is 3. The number of amides is 2. The molecule has 1 aliphatic carbocycles. The summed E-state index contributed by atoms with van der Waals surface area (Å²) in [5, 5.41) is 0.722. The summed E-state index contributed by atoms with van der Waals surface area (Å²) in [6, 6.07) is 11.4. The second-order valence-corrected chi connectivity index (χ2v) is 14.2. The first-order chi connectivity index (χ1) is 20.8. The molecule has 232 valence electrons. The maximum absolute atomic E-state index is 13.8. The molecule has 2 aromatic rings. The molecule has 1 saturated carbocycles. The number of nitrogens with one attached hydrogen (secondary N) is 1. The molecule has 4 atom stereocenters. The Morgan fingerprint density at radius 3 is 2.79 bits per heavy atom. The molecule has 0 spiro atoms. The third-order valence-corrected chi connectivity index (χ3v) is 10.8. The molecule has 2 heterocycles. The number of methoxy groups -OCH3 is 1. The van der Waals surface area contributed by atoms with Crippen LogP contribution in [0.4, 0.5) is 5.69 Å². The number of halogens is 1. The molecule has 1 fully saturated rings. The lowest BCUT2D eigenvalue weighted by molar-refractivity contribution is -0.118. The minimum atomic E-state index is -3.31. The number of benzene rings is 2. The van der Waals surface area contributed by atoms with Crippen molar-refractivity contribution in [3.63, 3.8) is 0 Å². The monoisotopic (exact) mass is 627 g/mol. The predicted octanol–water partition coefficient (Wildman–Crippen LogP) is 6.50. The first-order valence-corrected chi connectivity index (χ1v) is 17.4. The first-order valence-electron chi connectivity index (χ1n) is 15.4. The number of ether oxygens (including phenoxy) is 2. The number of fused-ring (bicyclic) bond motifs is 3. The van der Waals surface area contributed by atoms with Gasteiger partial charge in [-0.3, -0.25) is 14.3 Å². The highest BCUT2D eigenvalue weighted by molar-refractivity contribution is 7.92. The number of hydrogen-bond donors (Lipinski definition) is 1. The molecule has 5 rings (SSSR count).